The van der Waals surface area contributed by atoms with Gasteiger partial charge in [0.2, 0.25) is 0 Å². The molecule has 0 amide bonds. The third-order valence-electron chi connectivity index (χ3n) is 12.7. The molecule has 4 nitrogen and oxygen atoms in total. The summed E-state index contributed by atoms with van der Waals surface area (Å²) in [5.41, 5.74) is 20.3. The van der Waals surface area contributed by atoms with Crippen molar-refractivity contribution in [3.8, 4) is 0 Å². The van der Waals surface area contributed by atoms with E-state index in [-0.39, 0.29) is 0 Å². The summed E-state index contributed by atoms with van der Waals surface area (Å²) in [4.78, 5) is 9.61. The van der Waals surface area contributed by atoms with E-state index in [4.69, 9.17) is 0 Å². The Morgan fingerprint density at radius 1 is 0.239 bits per heavy atom. The fourth-order valence-corrected chi connectivity index (χ4v) is 9.49. The molecule has 10 aromatic rings. The Labute approximate surface area is 422 Å². The average Bonchev–Trinajstić information content (AvgIpc) is 3.40. The molecule has 0 saturated heterocycles. The van der Waals surface area contributed by atoms with Crippen LogP contribution in [0.2, 0.25) is 0 Å². The highest BCUT2D eigenvalue weighted by Crippen LogP contribution is 2.45. The Morgan fingerprint density at radius 2 is 0.521 bits per heavy atom. The van der Waals surface area contributed by atoms with Gasteiger partial charge < -0.3 is 19.6 Å². The molecule has 0 aliphatic rings. The molecule has 0 unspecified atom stereocenters. The molecule has 71 heavy (non-hydrogen) atoms. The fourth-order valence-electron chi connectivity index (χ4n) is 9.49. The van der Waals surface area contributed by atoms with Crippen LogP contribution in [0.4, 0.5) is 68.2 Å². The summed E-state index contributed by atoms with van der Waals surface area (Å²) in [5.74, 6) is 0. The molecule has 0 aromatic heterocycles. The SMILES string of the molecule is CC.Cc1cccc(N(c2ccccc2)c2cc(Cc3cc(N(c4ccccc4)c4cccc(C)c4)cc(N(c4ccccc4)c4ccccc4C)c3)cc(N(c3ccccc3)c3ccccc3C)c2)c1. The fraction of sp³-hybridized carbons (Fsp3) is 0.104. The van der Waals surface area contributed by atoms with Crippen LogP contribution in [0.5, 0.6) is 0 Å². The number of para-hydroxylation sites is 6. The predicted octanol–water partition coefficient (Wildman–Crippen LogP) is 19.4. The van der Waals surface area contributed by atoms with E-state index in [9.17, 15) is 0 Å². The van der Waals surface area contributed by atoms with Crippen molar-refractivity contribution in [2.75, 3.05) is 19.6 Å². The minimum atomic E-state index is 0.654. The van der Waals surface area contributed by atoms with Crippen LogP contribution < -0.4 is 19.6 Å². The van der Waals surface area contributed by atoms with E-state index in [1.54, 1.807) is 0 Å². The normalized spacial score (nSPS) is 10.7. The largest absolute Gasteiger partial charge is 0.310 e. The molecule has 0 aliphatic heterocycles. The van der Waals surface area contributed by atoms with Gasteiger partial charge in [-0.1, -0.05) is 147 Å². The maximum Gasteiger partial charge on any atom is 0.0490 e. The molecule has 10 aromatic carbocycles. The van der Waals surface area contributed by atoms with E-state index in [0.29, 0.717) is 6.42 Å². The summed E-state index contributed by atoms with van der Waals surface area (Å²) < 4.78 is 0. The standard InChI is InChI=1S/C65H56N4.C2H6/c1-48-23-21-35-58(39-48)66(54-27-9-5-10-28-54)60-42-52(44-62(46-60)68(56-31-13-7-14-32-56)64-37-19-17-25-50(64)3)41-53-43-61(67(55-29-11-6-12-30-55)59-36-22-24-49(2)40-59)47-63(45-53)69(57-33-15-8-16-34-57)65-38-20-18-26-51(65)4;1-2/h5-40,42-47H,41H2,1-4H3;1-2H3. The number of nitrogens with zero attached hydrogens (tertiary/aromatic N) is 4. The molecule has 0 aliphatic carbocycles. The minimum Gasteiger partial charge on any atom is -0.310 e. The summed E-state index contributed by atoms with van der Waals surface area (Å²) in [6.45, 7) is 12.7. The first-order valence-electron chi connectivity index (χ1n) is 24.8. The van der Waals surface area contributed by atoms with Crippen LogP contribution >= 0.6 is 0 Å². The molecule has 0 atom stereocenters. The molecule has 0 spiro atoms. The van der Waals surface area contributed by atoms with Gasteiger partial charge in [0.1, 0.15) is 0 Å². The number of anilines is 12. The first-order valence-corrected chi connectivity index (χ1v) is 24.8. The lowest BCUT2D eigenvalue weighted by Gasteiger charge is -2.32. The van der Waals surface area contributed by atoms with E-state index in [1.165, 1.54) is 33.4 Å². The Morgan fingerprint density at radius 3 is 0.845 bits per heavy atom. The van der Waals surface area contributed by atoms with Crippen LogP contribution in [0, 0.1) is 27.7 Å². The summed E-state index contributed by atoms with van der Waals surface area (Å²) in [5, 5.41) is 0. The Kier molecular flexibility index (Phi) is 14.9. The molecule has 0 fully saturated rings. The van der Waals surface area contributed by atoms with E-state index < -0.39 is 0 Å². The Bertz CT molecular complexity index is 3090. The molecule has 0 N–H and O–H groups in total. The van der Waals surface area contributed by atoms with Gasteiger partial charge in [0.25, 0.3) is 0 Å². The molecule has 10 rings (SSSR count). The van der Waals surface area contributed by atoms with Crippen LogP contribution in [-0.2, 0) is 6.42 Å². The van der Waals surface area contributed by atoms with Gasteiger partial charge in [0.15, 0.2) is 0 Å². The molecule has 4 heteroatoms. The third kappa shape index (κ3) is 10.8. The Balaban J connectivity index is 0.00000308. The molecular weight excluding hydrogens is 861 g/mol. The van der Waals surface area contributed by atoms with Crippen LogP contribution in [0.1, 0.15) is 47.2 Å². The van der Waals surface area contributed by atoms with Crippen LogP contribution in [0.25, 0.3) is 0 Å². The van der Waals surface area contributed by atoms with Crippen molar-refractivity contribution in [1.82, 2.24) is 0 Å². The molecule has 0 saturated carbocycles. The monoisotopic (exact) mass is 922 g/mol. The van der Waals surface area contributed by atoms with Gasteiger partial charge in [-0.3, -0.25) is 0 Å². The maximum absolute atomic E-state index is 2.41. The average molecular weight is 923 g/mol. The molecule has 0 heterocycles. The van der Waals surface area contributed by atoms with Gasteiger partial charge in [0, 0.05) is 68.2 Å². The van der Waals surface area contributed by atoms with Gasteiger partial charge in [-0.2, -0.15) is 0 Å². The van der Waals surface area contributed by atoms with E-state index in [1.807, 2.05) is 13.8 Å². The molecule has 0 radical (unpaired) electrons. The van der Waals surface area contributed by atoms with E-state index in [2.05, 4.69) is 302 Å². The topological polar surface area (TPSA) is 13.0 Å². The zero-order valence-corrected chi connectivity index (χ0v) is 41.7. The number of aryl methyl sites for hydroxylation is 4. The Hall–Kier alpha value is -8.60. The zero-order valence-electron chi connectivity index (χ0n) is 41.7. The minimum absolute atomic E-state index is 0.654. The predicted molar refractivity (Wildman–Crippen MR) is 305 cm³/mol. The van der Waals surface area contributed by atoms with Crippen LogP contribution in [0.15, 0.2) is 255 Å². The molecular formula is C67H62N4. The number of hydrogen-bond donors (Lipinski definition) is 0. The second-order valence-electron chi connectivity index (χ2n) is 17.8. The lowest BCUT2D eigenvalue weighted by Crippen LogP contribution is -2.15. The lowest BCUT2D eigenvalue weighted by molar-refractivity contribution is 1.14. The van der Waals surface area contributed by atoms with Gasteiger partial charge >= 0.3 is 0 Å². The van der Waals surface area contributed by atoms with Crippen molar-refractivity contribution in [2.45, 2.75) is 48.0 Å². The van der Waals surface area contributed by atoms with E-state index in [0.717, 1.165) is 68.2 Å². The van der Waals surface area contributed by atoms with Crippen LogP contribution in [0.3, 0.4) is 0 Å². The highest BCUT2D eigenvalue weighted by Gasteiger charge is 2.23. The van der Waals surface area contributed by atoms with Gasteiger partial charge in [-0.05, 0) is 189 Å². The van der Waals surface area contributed by atoms with Crippen molar-refractivity contribution < 1.29 is 0 Å². The van der Waals surface area contributed by atoms with Crippen molar-refractivity contribution in [1.29, 1.82) is 0 Å². The van der Waals surface area contributed by atoms with Gasteiger partial charge in [-0.25, -0.2) is 0 Å². The summed E-state index contributed by atoms with van der Waals surface area (Å²) in [6, 6.07) is 92.2. The second-order valence-corrected chi connectivity index (χ2v) is 17.8. The number of benzene rings is 10. The summed E-state index contributed by atoms with van der Waals surface area (Å²) in [7, 11) is 0. The van der Waals surface area contributed by atoms with Gasteiger partial charge in [-0.15, -0.1) is 0 Å². The molecule has 350 valence electrons. The van der Waals surface area contributed by atoms with Crippen molar-refractivity contribution >= 4 is 68.2 Å². The third-order valence-corrected chi connectivity index (χ3v) is 12.7. The first kappa shape index (κ1) is 47.5. The summed E-state index contributed by atoms with van der Waals surface area (Å²) in [6.07, 6.45) is 0.654. The van der Waals surface area contributed by atoms with E-state index >= 15 is 0 Å². The lowest BCUT2D eigenvalue weighted by atomic mass is 9.99. The highest BCUT2D eigenvalue weighted by molar-refractivity contribution is 5.87. The first-order chi connectivity index (χ1) is 34.9. The molecule has 0 bridgehead atoms. The zero-order chi connectivity index (χ0) is 49.1. The van der Waals surface area contributed by atoms with Crippen molar-refractivity contribution in [3.63, 3.8) is 0 Å². The van der Waals surface area contributed by atoms with Crippen molar-refractivity contribution in [3.05, 3.63) is 288 Å². The number of rotatable bonds is 14. The van der Waals surface area contributed by atoms with Crippen molar-refractivity contribution in [2.24, 2.45) is 0 Å². The summed E-state index contributed by atoms with van der Waals surface area (Å²) >= 11 is 0. The highest BCUT2D eigenvalue weighted by atomic mass is 15.2. The van der Waals surface area contributed by atoms with Gasteiger partial charge in [0.05, 0.1) is 0 Å². The second kappa shape index (κ2) is 22.2. The number of hydrogen-bond acceptors (Lipinski definition) is 4. The van der Waals surface area contributed by atoms with Crippen LogP contribution in [-0.4, -0.2) is 0 Å². The smallest absolute Gasteiger partial charge is 0.0490 e. The quantitative estimate of drug-likeness (QED) is 0.108. The maximum atomic E-state index is 2.41.